The number of benzene rings is 2. The van der Waals surface area contributed by atoms with Gasteiger partial charge in [-0.1, -0.05) is 66.7 Å². The Bertz CT molecular complexity index is 536. The van der Waals surface area contributed by atoms with Crippen molar-refractivity contribution in [3.8, 4) is 11.1 Å². The van der Waals surface area contributed by atoms with Crippen LogP contribution in [0.3, 0.4) is 0 Å². The number of nitrogens with one attached hydrogen (secondary N) is 1. The Morgan fingerprint density at radius 2 is 1.58 bits per heavy atom. The molecule has 0 aromatic heterocycles. The van der Waals surface area contributed by atoms with E-state index in [2.05, 4.69) is 66.0 Å². The summed E-state index contributed by atoms with van der Waals surface area (Å²) in [5, 5.41) is 3.48. The Balaban J connectivity index is 1.61. The third-order valence-corrected chi connectivity index (χ3v) is 3.43. The lowest BCUT2D eigenvalue weighted by Gasteiger charge is -2.02. The minimum atomic E-state index is 0.783. The molecule has 3 rings (SSSR count). The third kappa shape index (κ3) is 3.55. The zero-order valence-electron chi connectivity index (χ0n) is 11.0. The summed E-state index contributed by atoms with van der Waals surface area (Å²) in [6.07, 6.45) is 7.08. The van der Waals surface area contributed by atoms with Gasteiger partial charge >= 0.3 is 0 Å². The van der Waals surface area contributed by atoms with Gasteiger partial charge in [-0.05, 0) is 29.5 Å². The molecule has 2 aromatic rings. The van der Waals surface area contributed by atoms with E-state index in [0.717, 1.165) is 12.6 Å². The van der Waals surface area contributed by atoms with Crippen molar-refractivity contribution in [3.05, 3.63) is 66.2 Å². The number of hydrogen-bond acceptors (Lipinski definition) is 1. The normalized spacial score (nSPS) is 14.9. The molecule has 96 valence electrons. The van der Waals surface area contributed by atoms with Crippen LogP contribution in [0.4, 0.5) is 0 Å². The van der Waals surface area contributed by atoms with Gasteiger partial charge < -0.3 is 5.32 Å². The average Bonchev–Trinajstić information content (AvgIpc) is 3.29. The van der Waals surface area contributed by atoms with Crippen molar-refractivity contribution < 1.29 is 0 Å². The minimum Gasteiger partial charge on any atom is -0.311 e. The molecule has 0 saturated heterocycles. The van der Waals surface area contributed by atoms with Crippen LogP contribution in [0.1, 0.15) is 18.4 Å². The summed E-state index contributed by atoms with van der Waals surface area (Å²) in [4.78, 5) is 0. The van der Waals surface area contributed by atoms with Gasteiger partial charge in [0.2, 0.25) is 0 Å². The lowest BCUT2D eigenvalue weighted by molar-refractivity contribution is 0.754. The molecule has 0 unspecified atom stereocenters. The maximum atomic E-state index is 3.48. The van der Waals surface area contributed by atoms with E-state index in [9.17, 15) is 0 Å². The molecule has 1 aliphatic carbocycles. The molecular formula is C18H19N. The van der Waals surface area contributed by atoms with Gasteiger partial charge in [0.1, 0.15) is 0 Å². The van der Waals surface area contributed by atoms with E-state index < -0.39 is 0 Å². The molecule has 0 atom stereocenters. The molecule has 1 nitrogen and oxygen atoms in total. The first-order valence-corrected chi connectivity index (χ1v) is 6.97. The zero-order valence-corrected chi connectivity index (χ0v) is 11.0. The van der Waals surface area contributed by atoms with Crippen LogP contribution in [-0.2, 0) is 0 Å². The lowest BCUT2D eigenvalue weighted by atomic mass is 10.0. The Hall–Kier alpha value is -1.86. The highest BCUT2D eigenvalue weighted by atomic mass is 14.9. The van der Waals surface area contributed by atoms with Crippen LogP contribution in [0.2, 0.25) is 0 Å². The van der Waals surface area contributed by atoms with Crippen molar-refractivity contribution in [2.45, 2.75) is 18.9 Å². The summed E-state index contributed by atoms with van der Waals surface area (Å²) in [6, 6.07) is 20.0. The van der Waals surface area contributed by atoms with Crippen molar-refractivity contribution >= 4 is 6.08 Å². The van der Waals surface area contributed by atoms with Gasteiger partial charge in [0.15, 0.2) is 0 Å². The van der Waals surface area contributed by atoms with Crippen molar-refractivity contribution in [1.82, 2.24) is 5.32 Å². The van der Waals surface area contributed by atoms with Gasteiger partial charge in [0.05, 0.1) is 0 Å². The summed E-state index contributed by atoms with van der Waals surface area (Å²) in [5.74, 6) is 0. The summed E-state index contributed by atoms with van der Waals surface area (Å²) in [6.45, 7) is 0.977. The van der Waals surface area contributed by atoms with E-state index in [1.807, 2.05) is 6.07 Å². The molecule has 1 heteroatoms. The molecule has 1 fully saturated rings. The second-order valence-electron chi connectivity index (χ2n) is 5.07. The summed E-state index contributed by atoms with van der Waals surface area (Å²) in [5.41, 5.74) is 3.81. The second kappa shape index (κ2) is 5.85. The number of rotatable bonds is 5. The average molecular weight is 249 g/mol. The first kappa shape index (κ1) is 12.2. The van der Waals surface area contributed by atoms with Crippen molar-refractivity contribution in [2.24, 2.45) is 0 Å². The molecule has 0 heterocycles. The van der Waals surface area contributed by atoms with Gasteiger partial charge in [-0.3, -0.25) is 0 Å². The fourth-order valence-electron chi connectivity index (χ4n) is 2.13. The van der Waals surface area contributed by atoms with E-state index in [-0.39, 0.29) is 0 Å². The van der Waals surface area contributed by atoms with Crippen molar-refractivity contribution in [2.75, 3.05) is 6.54 Å². The topological polar surface area (TPSA) is 12.0 Å². The van der Waals surface area contributed by atoms with Crippen LogP contribution in [0.15, 0.2) is 60.7 Å². The predicted octanol–water partition coefficient (Wildman–Crippen LogP) is 4.12. The SMILES string of the molecule is C(=Cc1ccc(-c2ccccc2)cc1)CNC1CC1. The highest BCUT2D eigenvalue weighted by Crippen LogP contribution is 2.20. The maximum absolute atomic E-state index is 3.48. The first-order valence-electron chi connectivity index (χ1n) is 6.97. The smallest absolute Gasteiger partial charge is 0.0140 e. The zero-order chi connectivity index (χ0) is 12.9. The Morgan fingerprint density at radius 1 is 0.895 bits per heavy atom. The highest BCUT2D eigenvalue weighted by Gasteiger charge is 2.18. The van der Waals surface area contributed by atoms with Gasteiger partial charge in [0, 0.05) is 12.6 Å². The molecule has 0 aliphatic heterocycles. The standard InChI is InChI=1S/C18H19N/c1-2-6-16(7-3-1)17-10-8-15(9-11-17)5-4-14-19-18-12-13-18/h1-11,18-19H,12-14H2. The van der Waals surface area contributed by atoms with Crippen LogP contribution in [0.5, 0.6) is 0 Å². The van der Waals surface area contributed by atoms with Crippen LogP contribution >= 0.6 is 0 Å². The largest absolute Gasteiger partial charge is 0.311 e. The molecule has 2 aromatic carbocycles. The van der Waals surface area contributed by atoms with Gasteiger partial charge in [-0.15, -0.1) is 0 Å². The van der Waals surface area contributed by atoms with Crippen LogP contribution in [0, 0.1) is 0 Å². The van der Waals surface area contributed by atoms with Crippen LogP contribution < -0.4 is 5.32 Å². The molecule has 0 amide bonds. The molecule has 0 radical (unpaired) electrons. The molecule has 0 bridgehead atoms. The predicted molar refractivity (Wildman–Crippen MR) is 81.9 cm³/mol. The maximum Gasteiger partial charge on any atom is 0.0140 e. The molecule has 0 spiro atoms. The molecule has 1 N–H and O–H groups in total. The molecule has 1 saturated carbocycles. The second-order valence-corrected chi connectivity index (χ2v) is 5.07. The van der Waals surface area contributed by atoms with Gasteiger partial charge in [-0.2, -0.15) is 0 Å². The van der Waals surface area contributed by atoms with E-state index in [0.29, 0.717) is 0 Å². The van der Waals surface area contributed by atoms with Crippen LogP contribution in [0.25, 0.3) is 17.2 Å². The van der Waals surface area contributed by atoms with E-state index in [1.165, 1.54) is 29.5 Å². The fourth-order valence-corrected chi connectivity index (χ4v) is 2.13. The van der Waals surface area contributed by atoms with Gasteiger partial charge in [-0.25, -0.2) is 0 Å². The van der Waals surface area contributed by atoms with E-state index >= 15 is 0 Å². The number of hydrogen-bond donors (Lipinski definition) is 1. The molecular weight excluding hydrogens is 230 g/mol. The Kier molecular flexibility index (Phi) is 3.75. The quantitative estimate of drug-likeness (QED) is 0.840. The van der Waals surface area contributed by atoms with Crippen molar-refractivity contribution in [1.29, 1.82) is 0 Å². The summed E-state index contributed by atoms with van der Waals surface area (Å²) in [7, 11) is 0. The van der Waals surface area contributed by atoms with Crippen LogP contribution in [-0.4, -0.2) is 12.6 Å². The highest BCUT2D eigenvalue weighted by molar-refractivity contribution is 5.65. The lowest BCUT2D eigenvalue weighted by Crippen LogP contribution is -2.15. The monoisotopic (exact) mass is 249 g/mol. The molecule has 1 aliphatic rings. The van der Waals surface area contributed by atoms with Crippen molar-refractivity contribution in [3.63, 3.8) is 0 Å². The summed E-state index contributed by atoms with van der Waals surface area (Å²) < 4.78 is 0. The Labute approximate surface area is 115 Å². The third-order valence-electron chi connectivity index (χ3n) is 3.43. The van der Waals surface area contributed by atoms with E-state index in [1.54, 1.807) is 0 Å². The summed E-state index contributed by atoms with van der Waals surface area (Å²) >= 11 is 0. The fraction of sp³-hybridized carbons (Fsp3) is 0.222. The van der Waals surface area contributed by atoms with E-state index in [4.69, 9.17) is 0 Å². The first-order chi connectivity index (χ1) is 9.42. The molecule has 19 heavy (non-hydrogen) atoms. The van der Waals surface area contributed by atoms with Gasteiger partial charge in [0.25, 0.3) is 0 Å². The Morgan fingerprint density at radius 3 is 2.26 bits per heavy atom. The minimum absolute atomic E-state index is 0.783.